The SMILES string of the molecule is C[C@@H]1CCCCO[C@@H](CN(C)CC2CC2)[C@H](C)CN([C@H](C)CO)C(=O)c2cc(NC(=O)C3CCCCC3)ccc2O1. The van der Waals surface area contributed by atoms with Crippen molar-refractivity contribution in [3.8, 4) is 5.75 Å². The van der Waals surface area contributed by atoms with E-state index in [4.69, 9.17) is 9.47 Å². The van der Waals surface area contributed by atoms with Crippen LogP contribution in [0.2, 0.25) is 0 Å². The second kappa shape index (κ2) is 15.4. The average molecular weight is 572 g/mol. The number of aliphatic hydroxyl groups excluding tert-OH is 1. The van der Waals surface area contributed by atoms with E-state index in [-0.39, 0.29) is 48.5 Å². The van der Waals surface area contributed by atoms with Crippen LogP contribution in [0.5, 0.6) is 5.75 Å². The molecule has 2 saturated carbocycles. The maximum atomic E-state index is 14.3. The Labute approximate surface area is 247 Å². The molecule has 4 rings (SSSR count). The van der Waals surface area contributed by atoms with Crippen molar-refractivity contribution in [3.63, 3.8) is 0 Å². The van der Waals surface area contributed by atoms with Crippen molar-refractivity contribution < 1.29 is 24.2 Å². The fourth-order valence-corrected chi connectivity index (χ4v) is 6.19. The minimum atomic E-state index is -0.381. The highest BCUT2D eigenvalue weighted by molar-refractivity contribution is 6.00. The number of hydrogen-bond donors (Lipinski definition) is 2. The minimum Gasteiger partial charge on any atom is -0.490 e. The Bertz CT molecular complexity index is 993. The molecule has 0 aromatic heterocycles. The average Bonchev–Trinajstić information content (AvgIpc) is 3.78. The van der Waals surface area contributed by atoms with Gasteiger partial charge in [-0.15, -0.1) is 0 Å². The van der Waals surface area contributed by atoms with E-state index in [0.717, 1.165) is 64.0 Å². The zero-order chi connectivity index (χ0) is 29.4. The number of rotatable bonds is 8. The van der Waals surface area contributed by atoms with Crippen LogP contribution in [0, 0.1) is 17.8 Å². The number of fused-ring (bicyclic) bond motifs is 1. The third-order valence-corrected chi connectivity index (χ3v) is 9.05. The Hall–Kier alpha value is -2.16. The molecule has 2 fully saturated rings. The number of hydrogen-bond acceptors (Lipinski definition) is 6. The summed E-state index contributed by atoms with van der Waals surface area (Å²) in [6, 6.07) is 5.03. The highest BCUT2D eigenvalue weighted by atomic mass is 16.5. The van der Waals surface area contributed by atoms with Gasteiger partial charge in [-0.1, -0.05) is 26.2 Å². The molecule has 1 aliphatic heterocycles. The Morgan fingerprint density at radius 1 is 1.07 bits per heavy atom. The number of benzene rings is 1. The van der Waals surface area contributed by atoms with Gasteiger partial charge < -0.3 is 29.7 Å². The van der Waals surface area contributed by atoms with Gasteiger partial charge in [-0.25, -0.2) is 0 Å². The topological polar surface area (TPSA) is 91.3 Å². The summed E-state index contributed by atoms with van der Waals surface area (Å²) in [6.45, 7) is 8.95. The lowest BCUT2D eigenvalue weighted by atomic mass is 9.88. The molecule has 2 amide bonds. The highest BCUT2D eigenvalue weighted by Gasteiger charge is 2.31. The van der Waals surface area contributed by atoms with Crippen molar-refractivity contribution in [2.24, 2.45) is 17.8 Å². The largest absolute Gasteiger partial charge is 0.490 e. The predicted octanol–water partition coefficient (Wildman–Crippen LogP) is 5.34. The smallest absolute Gasteiger partial charge is 0.258 e. The summed E-state index contributed by atoms with van der Waals surface area (Å²) >= 11 is 0. The predicted molar refractivity (Wildman–Crippen MR) is 162 cm³/mol. The lowest BCUT2D eigenvalue weighted by molar-refractivity contribution is -0.120. The van der Waals surface area contributed by atoms with Crippen LogP contribution in [0.4, 0.5) is 5.69 Å². The van der Waals surface area contributed by atoms with Crippen molar-refractivity contribution in [1.29, 1.82) is 0 Å². The second-order valence-corrected chi connectivity index (χ2v) is 13.0. The van der Waals surface area contributed by atoms with Crippen LogP contribution in [-0.4, -0.2) is 84.9 Å². The molecule has 0 spiro atoms. The Balaban J connectivity index is 1.59. The molecule has 2 aliphatic carbocycles. The number of ether oxygens (including phenoxy) is 2. The number of likely N-dealkylation sites (N-methyl/N-ethyl adjacent to an activating group) is 1. The number of amides is 2. The van der Waals surface area contributed by atoms with Gasteiger partial charge in [0.2, 0.25) is 5.91 Å². The van der Waals surface area contributed by atoms with E-state index in [1.165, 1.54) is 19.3 Å². The first-order chi connectivity index (χ1) is 19.7. The lowest BCUT2D eigenvalue weighted by Crippen LogP contribution is -2.47. The summed E-state index contributed by atoms with van der Waals surface area (Å²) in [6.07, 6.45) is 10.5. The van der Waals surface area contributed by atoms with E-state index in [2.05, 4.69) is 24.2 Å². The summed E-state index contributed by atoms with van der Waals surface area (Å²) in [5, 5.41) is 13.2. The number of carbonyl (C=O) groups is 2. The summed E-state index contributed by atoms with van der Waals surface area (Å²) in [5.74, 6) is 1.23. The molecule has 8 nitrogen and oxygen atoms in total. The first-order valence-corrected chi connectivity index (χ1v) is 16.1. The van der Waals surface area contributed by atoms with Crippen molar-refractivity contribution in [3.05, 3.63) is 23.8 Å². The van der Waals surface area contributed by atoms with Gasteiger partial charge in [0, 0.05) is 43.8 Å². The summed E-state index contributed by atoms with van der Waals surface area (Å²) < 4.78 is 12.8. The fourth-order valence-electron chi connectivity index (χ4n) is 6.19. The second-order valence-electron chi connectivity index (χ2n) is 13.0. The van der Waals surface area contributed by atoms with Gasteiger partial charge in [-0.3, -0.25) is 9.59 Å². The minimum absolute atomic E-state index is 0.0165. The molecular formula is C33H53N3O5. The molecule has 2 N–H and O–H groups in total. The maximum absolute atomic E-state index is 14.3. The van der Waals surface area contributed by atoms with Crippen LogP contribution >= 0.6 is 0 Å². The Morgan fingerprint density at radius 2 is 1.80 bits per heavy atom. The van der Waals surface area contributed by atoms with Crippen LogP contribution < -0.4 is 10.1 Å². The van der Waals surface area contributed by atoms with Gasteiger partial charge in [0.25, 0.3) is 5.91 Å². The molecular weight excluding hydrogens is 518 g/mol. The molecule has 1 heterocycles. The maximum Gasteiger partial charge on any atom is 0.258 e. The molecule has 4 atom stereocenters. The zero-order valence-corrected chi connectivity index (χ0v) is 25.8. The molecule has 230 valence electrons. The van der Waals surface area contributed by atoms with Gasteiger partial charge in [0.05, 0.1) is 30.4 Å². The monoisotopic (exact) mass is 571 g/mol. The van der Waals surface area contributed by atoms with Crippen molar-refractivity contribution in [1.82, 2.24) is 9.80 Å². The van der Waals surface area contributed by atoms with Gasteiger partial charge in [0.15, 0.2) is 0 Å². The number of anilines is 1. The molecule has 1 aromatic carbocycles. The number of carbonyl (C=O) groups excluding carboxylic acids is 2. The van der Waals surface area contributed by atoms with E-state index in [0.29, 0.717) is 30.2 Å². The molecule has 0 unspecified atom stereocenters. The molecule has 8 heteroatoms. The van der Waals surface area contributed by atoms with Crippen LogP contribution in [-0.2, 0) is 9.53 Å². The van der Waals surface area contributed by atoms with Crippen LogP contribution in [0.1, 0.15) is 95.3 Å². The quantitative estimate of drug-likeness (QED) is 0.438. The van der Waals surface area contributed by atoms with Crippen molar-refractivity contribution in [2.75, 3.05) is 45.2 Å². The van der Waals surface area contributed by atoms with Crippen LogP contribution in [0.15, 0.2) is 18.2 Å². The van der Waals surface area contributed by atoms with Gasteiger partial charge in [-0.2, -0.15) is 0 Å². The molecule has 0 saturated heterocycles. The summed E-state index contributed by atoms with van der Waals surface area (Å²) in [5.41, 5.74) is 1.03. The lowest BCUT2D eigenvalue weighted by Gasteiger charge is -2.36. The summed E-state index contributed by atoms with van der Waals surface area (Å²) in [4.78, 5) is 31.4. The van der Waals surface area contributed by atoms with Crippen LogP contribution in [0.3, 0.4) is 0 Å². The molecule has 0 bridgehead atoms. The highest BCUT2D eigenvalue weighted by Crippen LogP contribution is 2.31. The Kier molecular flexibility index (Phi) is 11.9. The molecule has 1 aromatic rings. The van der Waals surface area contributed by atoms with Crippen molar-refractivity contribution >= 4 is 17.5 Å². The van der Waals surface area contributed by atoms with Gasteiger partial charge in [-0.05, 0) is 90.0 Å². The Morgan fingerprint density at radius 3 is 2.51 bits per heavy atom. The molecule has 3 aliphatic rings. The normalized spacial score (nSPS) is 26.1. The number of nitrogens with one attached hydrogen (secondary N) is 1. The molecule has 41 heavy (non-hydrogen) atoms. The standard InChI is InChI=1S/C33H53N3O5/c1-23-19-36(24(2)22-37)33(39)29-18-28(34-32(38)27-11-6-5-7-12-27)15-16-30(29)41-25(3)10-8-9-17-40-31(23)21-35(4)20-26-13-14-26/h15-16,18,23-27,31,37H,5-14,17,19-22H2,1-4H3,(H,34,38)/t23-,24-,25-,31+/m1/s1. The van der Waals surface area contributed by atoms with Gasteiger partial charge >= 0.3 is 0 Å². The van der Waals surface area contributed by atoms with E-state index >= 15 is 0 Å². The first kappa shape index (κ1) is 31.8. The third kappa shape index (κ3) is 9.42. The fraction of sp³-hybridized carbons (Fsp3) is 0.758. The van der Waals surface area contributed by atoms with Crippen molar-refractivity contribution in [2.45, 2.75) is 103 Å². The summed E-state index contributed by atoms with van der Waals surface area (Å²) in [7, 11) is 2.16. The van der Waals surface area contributed by atoms with Gasteiger partial charge in [0.1, 0.15) is 5.75 Å². The number of nitrogens with zero attached hydrogens (tertiary/aromatic N) is 2. The van der Waals surface area contributed by atoms with E-state index in [1.807, 2.05) is 26.0 Å². The first-order valence-electron chi connectivity index (χ1n) is 16.1. The van der Waals surface area contributed by atoms with E-state index < -0.39 is 0 Å². The zero-order valence-electron chi connectivity index (χ0n) is 25.8. The van der Waals surface area contributed by atoms with Crippen LogP contribution in [0.25, 0.3) is 0 Å². The van der Waals surface area contributed by atoms with E-state index in [1.54, 1.807) is 11.0 Å². The van der Waals surface area contributed by atoms with E-state index in [9.17, 15) is 14.7 Å². The third-order valence-electron chi connectivity index (χ3n) is 9.05. The molecule has 0 radical (unpaired) electrons. The number of aliphatic hydroxyl groups is 1.